The van der Waals surface area contributed by atoms with Gasteiger partial charge in [-0.15, -0.1) is 0 Å². The summed E-state index contributed by atoms with van der Waals surface area (Å²) in [5.74, 6) is 0. The molecule has 0 radical (unpaired) electrons. The van der Waals surface area contributed by atoms with Crippen molar-refractivity contribution in [1.82, 2.24) is 0 Å². The molecule has 0 spiro atoms. The second-order valence-corrected chi connectivity index (χ2v) is 9.66. The summed E-state index contributed by atoms with van der Waals surface area (Å²) in [5.41, 5.74) is 0. The quantitative estimate of drug-likeness (QED) is 0.260. The molecule has 0 saturated carbocycles. The van der Waals surface area contributed by atoms with Crippen molar-refractivity contribution in [3.05, 3.63) is 0 Å². The average molecular weight is 328 g/mol. The van der Waals surface area contributed by atoms with Gasteiger partial charge in [-0.1, -0.05) is 65.2 Å². The molecule has 0 bridgehead atoms. The highest BCUT2D eigenvalue weighted by Crippen LogP contribution is 2.18. The van der Waals surface area contributed by atoms with Crippen LogP contribution in [0.3, 0.4) is 0 Å². The van der Waals surface area contributed by atoms with E-state index < -0.39 is 8.56 Å². The SMILES string of the molecule is CCCCCCCO[Si](C)(CCC#N)OCCCCCCC. The molecule has 0 unspecified atom stereocenters. The molecule has 0 aliphatic rings. The molecule has 4 heteroatoms. The maximum atomic E-state index is 8.83. The fraction of sp³-hybridized carbons (Fsp3) is 0.944. The van der Waals surface area contributed by atoms with Crippen LogP contribution in [0.4, 0.5) is 0 Å². The highest BCUT2D eigenvalue weighted by Gasteiger charge is 2.30. The summed E-state index contributed by atoms with van der Waals surface area (Å²) in [6.07, 6.45) is 13.1. The second-order valence-electron chi connectivity index (χ2n) is 6.32. The first kappa shape index (κ1) is 21.6. The Balaban J connectivity index is 3.88. The van der Waals surface area contributed by atoms with Crippen molar-refractivity contribution in [1.29, 1.82) is 5.26 Å². The average Bonchev–Trinajstić information content (AvgIpc) is 2.52. The number of hydrogen-bond donors (Lipinski definition) is 0. The van der Waals surface area contributed by atoms with Gasteiger partial charge in [0.15, 0.2) is 0 Å². The Kier molecular flexibility index (Phi) is 15.3. The van der Waals surface area contributed by atoms with E-state index in [1.54, 1.807) is 0 Å². The molecule has 130 valence electrons. The zero-order valence-electron chi connectivity index (χ0n) is 15.2. The number of nitrogens with zero attached hydrogens (tertiary/aromatic N) is 1. The van der Waals surface area contributed by atoms with Gasteiger partial charge in [0.2, 0.25) is 0 Å². The molecule has 0 aliphatic heterocycles. The van der Waals surface area contributed by atoms with Gasteiger partial charge in [-0.05, 0) is 19.4 Å². The van der Waals surface area contributed by atoms with E-state index >= 15 is 0 Å². The third kappa shape index (κ3) is 13.3. The molecule has 0 fully saturated rings. The summed E-state index contributed by atoms with van der Waals surface area (Å²) in [5, 5.41) is 8.83. The normalized spacial score (nSPS) is 11.5. The Morgan fingerprint density at radius 3 is 1.64 bits per heavy atom. The van der Waals surface area contributed by atoms with E-state index in [-0.39, 0.29) is 0 Å². The fourth-order valence-corrected chi connectivity index (χ4v) is 4.55. The van der Waals surface area contributed by atoms with E-state index in [4.69, 9.17) is 14.1 Å². The van der Waals surface area contributed by atoms with Crippen LogP contribution in [0.1, 0.15) is 84.5 Å². The Hall–Kier alpha value is -0.373. The van der Waals surface area contributed by atoms with Crippen molar-refractivity contribution in [2.45, 2.75) is 97.1 Å². The summed E-state index contributed by atoms with van der Waals surface area (Å²) in [6.45, 7) is 8.19. The molecule has 0 aromatic heterocycles. The number of rotatable bonds is 16. The predicted molar refractivity (Wildman–Crippen MR) is 96.1 cm³/mol. The van der Waals surface area contributed by atoms with Crippen LogP contribution in [0, 0.1) is 11.3 Å². The zero-order chi connectivity index (χ0) is 16.5. The lowest BCUT2D eigenvalue weighted by Gasteiger charge is -2.26. The first-order chi connectivity index (χ1) is 10.7. The van der Waals surface area contributed by atoms with Crippen LogP contribution in [0.5, 0.6) is 0 Å². The second kappa shape index (κ2) is 15.5. The van der Waals surface area contributed by atoms with E-state index in [1.807, 2.05) is 0 Å². The molecule has 0 saturated heterocycles. The minimum absolute atomic E-state index is 0.550. The number of nitriles is 1. The van der Waals surface area contributed by atoms with Gasteiger partial charge >= 0.3 is 8.56 Å². The Morgan fingerprint density at radius 2 is 1.23 bits per heavy atom. The van der Waals surface area contributed by atoms with Gasteiger partial charge in [0.1, 0.15) is 0 Å². The van der Waals surface area contributed by atoms with Gasteiger partial charge in [0.25, 0.3) is 0 Å². The topological polar surface area (TPSA) is 42.2 Å². The first-order valence-electron chi connectivity index (χ1n) is 9.33. The molecule has 0 heterocycles. The standard InChI is InChI=1S/C18H37NO2Si/c1-4-6-8-10-12-16-20-22(3,18-14-15-19)21-17-13-11-9-7-5-2/h4-14,16-18H2,1-3H3. The summed E-state index contributed by atoms with van der Waals surface area (Å²) in [4.78, 5) is 0. The third-order valence-electron chi connectivity index (χ3n) is 4.00. The first-order valence-corrected chi connectivity index (χ1v) is 11.9. The molecule has 0 aromatic rings. The fourth-order valence-electron chi connectivity index (χ4n) is 2.46. The van der Waals surface area contributed by atoms with Gasteiger partial charge < -0.3 is 8.85 Å². The molecule has 0 amide bonds. The van der Waals surface area contributed by atoms with Gasteiger partial charge in [0.05, 0.1) is 6.07 Å². The highest BCUT2D eigenvalue weighted by atomic mass is 28.4. The monoisotopic (exact) mass is 327 g/mol. The van der Waals surface area contributed by atoms with Crippen molar-refractivity contribution >= 4 is 8.56 Å². The smallest absolute Gasteiger partial charge is 0.335 e. The van der Waals surface area contributed by atoms with Crippen LogP contribution in [0.15, 0.2) is 0 Å². The largest absolute Gasteiger partial charge is 0.394 e. The van der Waals surface area contributed by atoms with Crippen LogP contribution >= 0.6 is 0 Å². The summed E-state index contributed by atoms with van der Waals surface area (Å²) in [7, 11) is -2.13. The van der Waals surface area contributed by atoms with E-state index in [0.717, 1.165) is 32.1 Å². The van der Waals surface area contributed by atoms with Crippen LogP contribution in [-0.2, 0) is 8.85 Å². The van der Waals surface area contributed by atoms with Crippen molar-refractivity contribution in [2.75, 3.05) is 13.2 Å². The molecule has 3 nitrogen and oxygen atoms in total. The molecular weight excluding hydrogens is 290 g/mol. The molecule has 0 rings (SSSR count). The lowest BCUT2D eigenvalue weighted by atomic mass is 10.2. The Morgan fingerprint density at radius 1 is 0.773 bits per heavy atom. The predicted octanol–water partition coefficient (Wildman–Crippen LogP) is 5.95. The molecule has 22 heavy (non-hydrogen) atoms. The maximum absolute atomic E-state index is 8.83. The molecule has 0 aromatic carbocycles. The van der Waals surface area contributed by atoms with Gasteiger partial charge in [-0.2, -0.15) is 5.26 Å². The van der Waals surface area contributed by atoms with Crippen LogP contribution in [0.25, 0.3) is 0 Å². The maximum Gasteiger partial charge on any atom is 0.335 e. The van der Waals surface area contributed by atoms with Crippen molar-refractivity contribution < 1.29 is 8.85 Å². The minimum Gasteiger partial charge on any atom is -0.394 e. The highest BCUT2D eigenvalue weighted by molar-refractivity contribution is 6.66. The van der Waals surface area contributed by atoms with E-state index in [2.05, 4.69) is 26.5 Å². The Bertz CT molecular complexity index is 263. The van der Waals surface area contributed by atoms with Crippen molar-refractivity contribution in [2.24, 2.45) is 0 Å². The van der Waals surface area contributed by atoms with Crippen LogP contribution in [-0.4, -0.2) is 21.8 Å². The lowest BCUT2D eigenvalue weighted by Crippen LogP contribution is -2.39. The van der Waals surface area contributed by atoms with Gasteiger partial charge in [-0.25, -0.2) is 0 Å². The zero-order valence-corrected chi connectivity index (χ0v) is 16.2. The third-order valence-corrected chi connectivity index (χ3v) is 6.79. The molecule has 0 aliphatic carbocycles. The van der Waals surface area contributed by atoms with Gasteiger partial charge in [0, 0.05) is 25.7 Å². The molecular formula is C18H37NO2Si. The van der Waals surface area contributed by atoms with Crippen molar-refractivity contribution in [3.8, 4) is 6.07 Å². The lowest BCUT2D eigenvalue weighted by molar-refractivity contribution is 0.167. The minimum atomic E-state index is -2.13. The van der Waals surface area contributed by atoms with E-state index in [1.165, 1.54) is 51.4 Å². The Labute approximate surface area is 139 Å². The van der Waals surface area contributed by atoms with Gasteiger partial charge in [-0.3, -0.25) is 0 Å². The number of unbranched alkanes of at least 4 members (excludes halogenated alkanes) is 8. The summed E-state index contributed by atoms with van der Waals surface area (Å²) >= 11 is 0. The summed E-state index contributed by atoms with van der Waals surface area (Å²) < 4.78 is 12.2. The summed E-state index contributed by atoms with van der Waals surface area (Å²) in [6, 6.07) is 3.03. The molecule has 0 atom stereocenters. The van der Waals surface area contributed by atoms with E-state index in [0.29, 0.717) is 6.42 Å². The van der Waals surface area contributed by atoms with E-state index in [9.17, 15) is 0 Å². The van der Waals surface area contributed by atoms with Crippen molar-refractivity contribution in [3.63, 3.8) is 0 Å². The number of hydrogen-bond acceptors (Lipinski definition) is 3. The molecule has 0 N–H and O–H groups in total. The van der Waals surface area contributed by atoms with Crippen LogP contribution in [0.2, 0.25) is 12.6 Å². The van der Waals surface area contributed by atoms with Crippen LogP contribution < -0.4 is 0 Å².